The molecule has 4 N–H and O–H groups in total. The zero-order chi connectivity index (χ0) is 12.4. The molecule has 1 amide bonds. The highest BCUT2D eigenvalue weighted by molar-refractivity contribution is 5.74. The normalized spacial score (nSPS) is 14.7. The molecule has 0 aromatic heterocycles. The third-order valence-corrected chi connectivity index (χ3v) is 2.68. The molecule has 0 bridgehead atoms. The van der Waals surface area contributed by atoms with Gasteiger partial charge in [-0.25, -0.2) is 0 Å². The average Bonchev–Trinajstić information content (AvgIpc) is 2.22. The molecule has 4 nitrogen and oxygen atoms in total. The topological polar surface area (TPSA) is 78.3 Å². The van der Waals surface area contributed by atoms with Crippen LogP contribution in [0.1, 0.15) is 46.0 Å². The van der Waals surface area contributed by atoms with Gasteiger partial charge in [0, 0.05) is 13.0 Å². The third kappa shape index (κ3) is 7.65. The summed E-state index contributed by atoms with van der Waals surface area (Å²) >= 11 is 0. The van der Waals surface area contributed by atoms with Crippen molar-refractivity contribution in [1.82, 2.24) is 0 Å². The molecule has 16 heavy (non-hydrogen) atoms. The van der Waals surface area contributed by atoms with Gasteiger partial charge < -0.3 is 16.2 Å². The van der Waals surface area contributed by atoms with E-state index in [4.69, 9.17) is 16.2 Å². The van der Waals surface area contributed by atoms with Gasteiger partial charge in [0.25, 0.3) is 0 Å². The third-order valence-electron chi connectivity index (χ3n) is 2.68. The van der Waals surface area contributed by atoms with Gasteiger partial charge in [-0.05, 0) is 31.7 Å². The zero-order valence-electron chi connectivity index (χ0n) is 10.6. The molecule has 0 aromatic carbocycles. The quantitative estimate of drug-likeness (QED) is 0.557. The number of hydrogen-bond acceptors (Lipinski definition) is 3. The molecule has 96 valence electrons. The van der Waals surface area contributed by atoms with Gasteiger partial charge in [-0.1, -0.05) is 20.3 Å². The van der Waals surface area contributed by atoms with E-state index >= 15 is 0 Å². The smallest absolute Gasteiger partial charge is 0.217 e. The van der Waals surface area contributed by atoms with Crippen LogP contribution in [-0.2, 0) is 9.53 Å². The minimum atomic E-state index is -0.260. The summed E-state index contributed by atoms with van der Waals surface area (Å²) in [6.45, 7) is 5.56. The minimum absolute atomic E-state index is 0.114. The van der Waals surface area contributed by atoms with Crippen LogP contribution in [0.2, 0.25) is 0 Å². The van der Waals surface area contributed by atoms with Crippen LogP contribution in [0.25, 0.3) is 0 Å². The van der Waals surface area contributed by atoms with Crippen LogP contribution < -0.4 is 11.5 Å². The fourth-order valence-electron chi connectivity index (χ4n) is 1.68. The highest BCUT2D eigenvalue weighted by Crippen LogP contribution is 2.17. The molecule has 2 atom stereocenters. The van der Waals surface area contributed by atoms with Crippen LogP contribution in [0, 0.1) is 5.92 Å². The van der Waals surface area contributed by atoms with Gasteiger partial charge in [-0.15, -0.1) is 0 Å². The van der Waals surface area contributed by atoms with Crippen LogP contribution in [0.5, 0.6) is 0 Å². The van der Waals surface area contributed by atoms with Crippen LogP contribution in [0.4, 0.5) is 0 Å². The van der Waals surface area contributed by atoms with Crippen molar-refractivity contribution >= 4 is 5.91 Å². The highest BCUT2D eigenvalue weighted by Gasteiger charge is 2.19. The van der Waals surface area contributed by atoms with E-state index in [1.54, 1.807) is 0 Å². The van der Waals surface area contributed by atoms with Gasteiger partial charge in [0.1, 0.15) is 0 Å². The summed E-state index contributed by atoms with van der Waals surface area (Å²) in [5, 5.41) is 0. The standard InChI is InChI=1S/C12H26N2O2/c1-3-4-8-16-11(6-5-7-13)10(2)9-12(14)15/h10-11H,3-9,13H2,1-2H3,(H2,14,15). The molecule has 4 heteroatoms. The van der Waals surface area contributed by atoms with Crippen LogP contribution in [0.15, 0.2) is 0 Å². The van der Waals surface area contributed by atoms with Crippen LogP contribution in [-0.4, -0.2) is 25.2 Å². The Morgan fingerprint density at radius 3 is 2.56 bits per heavy atom. The monoisotopic (exact) mass is 230 g/mol. The molecule has 0 aromatic rings. The first kappa shape index (κ1) is 15.4. The van der Waals surface area contributed by atoms with Crippen molar-refractivity contribution in [3.63, 3.8) is 0 Å². The van der Waals surface area contributed by atoms with Crippen LogP contribution in [0.3, 0.4) is 0 Å². The summed E-state index contributed by atoms with van der Waals surface area (Å²) in [7, 11) is 0. The summed E-state index contributed by atoms with van der Waals surface area (Å²) in [5.41, 5.74) is 10.7. The number of carbonyl (C=O) groups excluding carboxylic acids is 1. The van der Waals surface area contributed by atoms with E-state index in [9.17, 15) is 4.79 Å². The predicted molar refractivity (Wildman–Crippen MR) is 65.9 cm³/mol. The summed E-state index contributed by atoms with van der Waals surface area (Å²) in [5.74, 6) is -0.0785. The van der Waals surface area contributed by atoms with Crippen molar-refractivity contribution in [2.24, 2.45) is 17.4 Å². The van der Waals surface area contributed by atoms with Crippen LogP contribution >= 0.6 is 0 Å². The molecular formula is C12H26N2O2. The maximum atomic E-state index is 10.9. The Bertz CT molecular complexity index is 186. The van der Waals surface area contributed by atoms with E-state index in [-0.39, 0.29) is 17.9 Å². The molecule has 0 aliphatic heterocycles. The summed E-state index contributed by atoms with van der Waals surface area (Å²) in [6.07, 6.45) is 4.52. The molecule has 0 heterocycles. The Labute approximate surface area is 98.7 Å². The molecule has 2 unspecified atom stereocenters. The number of primary amides is 1. The number of rotatable bonds is 10. The molecule has 0 radical (unpaired) electrons. The first-order valence-corrected chi connectivity index (χ1v) is 6.21. The zero-order valence-corrected chi connectivity index (χ0v) is 10.6. The first-order valence-electron chi connectivity index (χ1n) is 6.21. The van der Waals surface area contributed by atoms with Crippen molar-refractivity contribution in [1.29, 1.82) is 0 Å². The fraction of sp³-hybridized carbons (Fsp3) is 0.917. The number of ether oxygens (including phenoxy) is 1. The van der Waals surface area contributed by atoms with Gasteiger partial charge >= 0.3 is 0 Å². The second-order valence-corrected chi connectivity index (χ2v) is 4.34. The summed E-state index contributed by atoms with van der Waals surface area (Å²) in [4.78, 5) is 10.9. The van der Waals surface area contributed by atoms with E-state index in [0.717, 1.165) is 32.3 Å². The fourth-order valence-corrected chi connectivity index (χ4v) is 1.68. The van der Waals surface area contributed by atoms with Gasteiger partial charge in [0.2, 0.25) is 5.91 Å². The summed E-state index contributed by atoms with van der Waals surface area (Å²) in [6, 6.07) is 0. The Balaban J connectivity index is 4.00. The highest BCUT2D eigenvalue weighted by atomic mass is 16.5. The van der Waals surface area contributed by atoms with Gasteiger partial charge in [-0.2, -0.15) is 0 Å². The number of hydrogen-bond donors (Lipinski definition) is 2. The molecule has 0 rings (SSSR count). The Kier molecular flexibility index (Phi) is 9.24. The first-order chi connectivity index (χ1) is 7.61. The number of amides is 1. The van der Waals surface area contributed by atoms with E-state index in [1.165, 1.54) is 0 Å². The van der Waals surface area contributed by atoms with E-state index in [0.29, 0.717) is 13.0 Å². The number of unbranched alkanes of at least 4 members (excludes halogenated alkanes) is 1. The van der Waals surface area contributed by atoms with Crippen molar-refractivity contribution in [2.45, 2.75) is 52.1 Å². The Morgan fingerprint density at radius 2 is 2.06 bits per heavy atom. The summed E-state index contributed by atoms with van der Waals surface area (Å²) < 4.78 is 5.78. The lowest BCUT2D eigenvalue weighted by molar-refractivity contribution is -0.120. The molecule has 0 fully saturated rings. The van der Waals surface area contributed by atoms with E-state index in [2.05, 4.69) is 6.92 Å². The average molecular weight is 230 g/mol. The molecule has 0 saturated heterocycles. The molecule has 0 aliphatic carbocycles. The number of nitrogens with two attached hydrogens (primary N) is 2. The second-order valence-electron chi connectivity index (χ2n) is 4.34. The van der Waals surface area contributed by atoms with Crippen molar-refractivity contribution in [3.05, 3.63) is 0 Å². The van der Waals surface area contributed by atoms with E-state index in [1.807, 2.05) is 6.92 Å². The lowest BCUT2D eigenvalue weighted by atomic mass is 9.96. The van der Waals surface area contributed by atoms with Gasteiger partial charge in [0.15, 0.2) is 0 Å². The molecule has 0 spiro atoms. The van der Waals surface area contributed by atoms with Gasteiger partial charge in [0.05, 0.1) is 6.10 Å². The molecular weight excluding hydrogens is 204 g/mol. The lowest BCUT2D eigenvalue weighted by Gasteiger charge is -2.23. The van der Waals surface area contributed by atoms with E-state index < -0.39 is 0 Å². The van der Waals surface area contributed by atoms with Gasteiger partial charge in [-0.3, -0.25) is 4.79 Å². The van der Waals surface area contributed by atoms with Crippen molar-refractivity contribution < 1.29 is 9.53 Å². The lowest BCUT2D eigenvalue weighted by Crippen LogP contribution is -2.27. The maximum absolute atomic E-state index is 10.9. The second kappa shape index (κ2) is 9.60. The number of carbonyl (C=O) groups is 1. The Hall–Kier alpha value is -0.610. The van der Waals surface area contributed by atoms with Crippen molar-refractivity contribution in [3.8, 4) is 0 Å². The largest absolute Gasteiger partial charge is 0.378 e. The predicted octanol–water partition coefficient (Wildman–Crippen LogP) is 1.42. The molecule has 0 aliphatic rings. The maximum Gasteiger partial charge on any atom is 0.217 e. The molecule has 0 saturated carbocycles. The Morgan fingerprint density at radius 1 is 1.38 bits per heavy atom. The SMILES string of the molecule is CCCCOC(CCCN)C(C)CC(N)=O. The minimum Gasteiger partial charge on any atom is -0.378 e. The van der Waals surface area contributed by atoms with Crippen molar-refractivity contribution in [2.75, 3.05) is 13.2 Å².